The molecule has 0 unspecified atom stereocenters. The summed E-state index contributed by atoms with van der Waals surface area (Å²) in [5, 5.41) is 5.15. The lowest BCUT2D eigenvalue weighted by Crippen LogP contribution is -1.87. The molecule has 5 rings (SSSR count). The Morgan fingerprint density at radius 1 is 0.444 bits per heavy atom. The lowest BCUT2D eigenvalue weighted by molar-refractivity contribution is 1.62. The first-order valence-electron chi connectivity index (χ1n) is 9.06. The topological polar surface area (TPSA) is 0 Å². The second-order valence-corrected chi connectivity index (χ2v) is 8.03. The molecule has 0 fully saturated rings. The summed E-state index contributed by atoms with van der Waals surface area (Å²) in [7, 11) is 0. The predicted molar refractivity (Wildman–Crippen MR) is 125 cm³/mol. The van der Waals surface area contributed by atoms with E-state index in [-0.39, 0.29) is 0 Å². The Morgan fingerprint density at radius 3 is 2.07 bits per heavy atom. The van der Waals surface area contributed by atoms with Gasteiger partial charge in [-0.1, -0.05) is 78.9 Å². The molecule has 0 amide bonds. The lowest BCUT2D eigenvalue weighted by Gasteiger charge is -2.13. The van der Waals surface area contributed by atoms with E-state index in [4.69, 9.17) is 0 Å². The normalized spacial score (nSPS) is 11.1. The monoisotopic (exact) mass is 456 g/mol. The first-order chi connectivity index (χ1) is 13.3. The fourth-order valence-corrected chi connectivity index (χ4v) is 4.35. The summed E-state index contributed by atoms with van der Waals surface area (Å²) in [5.74, 6) is 0. The fraction of sp³-hybridized carbons (Fsp3) is 0. The van der Waals surface area contributed by atoms with Crippen molar-refractivity contribution in [1.82, 2.24) is 0 Å². The highest BCUT2D eigenvalue weighted by atomic mass is 127. The Bertz CT molecular complexity index is 1260. The zero-order chi connectivity index (χ0) is 18.2. The van der Waals surface area contributed by atoms with Crippen molar-refractivity contribution < 1.29 is 0 Å². The van der Waals surface area contributed by atoms with Crippen LogP contribution >= 0.6 is 22.6 Å². The minimum Gasteiger partial charge on any atom is -0.0622 e. The Labute approximate surface area is 172 Å². The summed E-state index contributed by atoms with van der Waals surface area (Å²) >= 11 is 2.39. The molecular formula is C26H17I. The van der Waals surface area contributed by atoms with Crippen molar-refractivity contribution in [2.24, 2.45) is 0 Å². The van der Waals surface area contributed by atoms with Crippen LogP contribution in [0.1, 0.15) is 0 Å². The smallest absolute Gasteiger partial charge is 0.0136 e. The van der Waals surface area contributed by atoms with Crippen LogP contribution in [0.25, 0.3) is 43.8 Å². The molecular weight excluding hydrogens is 439 g/mol. The first-order valence-corrected chi connectivity index (χ1v) is 10.1. The van der Waals surface area contributed by atoms with E-state index in [1.54, 1.807) is 0 Å². The third-order valence-electron chi connectivity index (χ3n) is 5.10. The van der Waals surface area contributed by atoms with E-state index in [1.165, 1.54) is 47.4 Å². The molecule has 0 atom stereocenters. The van der Waals surface area contributed by atoms with E-state index in [1.807, 2.05) is 0 Å². The summed E-state index contributed by atoms with van der Waals surface area (Å²) in [6.07, 6.45) is 0. The highest BCUT2D eigenvalue weighted by Gasteiger charge is 2.10. The van der Waals surface area contributed by atoms with Gasteiger partial charge >= 0.3 is 0 Å². The van der Waals surface area contributed by atoms with Crippen molar-refractivity contribution in [1.29, 1.82) is 0 Å². The van der Waals surface area contributed by atoms with Gasteiger partial charge < -0.3 is 0 Å². The standard InChI is InChI=1S/C26H17I/c27-22-13-14-25-20(16-22)15-21(17-26(25)19-7-2-1-3-8-19)24-12-6-10-18-9-4-5-11-23(18)24/h1-17H. The molecule has 128 valence electrons. The summed E-state index contributed by atoms with van der Waals surface area (Å²) in [6, 6.07) is 37.2. The van der Waals surface area contributed by atoms with Crippen molar-refractivity contribution in [3.63, 3.8) is 0 Å². The van der Waals surface area contributed by atoms with Crippen LogP contribution in [-0.4, -0.2) is 0 Å². The summed E-state index contributed by atoms with van der Waals surface area (Å²) < 4.78 is 1.26. The van der Waals surface area contributed by atoms with Crippen LogP contribution in [0, 0.1) is 3.57 Å². The summed E-state index contributed by atoms with van der Waals surface area (Å²) in [4.78, 5) is 0. The first kappa shape index (κ1) is 16.5. The highest BCUT2D eigenvalue weighted by Crippen LogP contribution is 2.37. The number of benzene rings is 5. The van der Waals surface area contributed by atoms with Crippen LogP contribution < -0.4 is 0 Å². The van der Waals surface area contributed by atoms with Crippen LogP contribution in [0.2, 0.25) is 0 Å². The van der Waals surface area contributed by atoms with Gasteiger partial charge in [0, 0.05) is 3.57 Å². The van der Waals surface area contributed by atoms with Gasteiger partial charge in [-0.3, -0.25) is 0 Å². The Hall–Kier alpha value is -2.65. The minimum absolute atomic E-state index is 1.26. The molecule has 27 heavy (non-hydrogen) atoms. The molecule has 0 heterocycles. The van der Waals surface area contributed by atoms with E-state index in [0.717, 1.165) is 0 Å². The Balaban J connectivity index is 1.86. The van der Waals surface area contributed by atoms with E-state index >= 15 is 0 Å². The van der Waals surface area contributed by atoms with Gasteiger partial charge in [0.05, 0.1) is 0 Å². The third-order valence-corrected chi connectivity index (χ3v) is 5.77. The van der Waals surface area contributed by atoms with Gasteiger partial charge in [0.25, 0.3) is 0 Å². The molecule has 0 saturated heterocycles. The average Bonchev–Trinajstić information content (AvgIpc) is 2.73. The number of halogens is 1. The van der Waals surface area contributed by atoms with Crippen LogP contribution in [0.5, 0.6) is 0 Å². The maximum Gasteiger partial charge on any atom is 0.0136 e. The second kappa shape index (κ2) is 6.82. The second-order valence-electron chi connectivity index (χ2n) is 6.78. The molecule has 0 aliphatic rings. The van der Waals surface area contributed by atoms with Crippen LogP contribution in [0.4, 0.5) is 0 Å². The van der Waals surface area contributed by atoms with Crippen LogP contribution in [0.3, 0.4) is 0 Å². The van der Waals surface area contributed by atoms with Crippen molar-refractivity contribution in [3.05, 3.63) is 107 Å². The largest absolute Gasteiger partial charge is 0.0622 e. The van der Waals surface area contributed by atoms with Crippen LogP contribution in [0.15, 0.2) is 103 Å². The predicted octanol–water partition coefficient (Wildman–Crippen LogP) is 7.93. The lowest BCUT2D eigenvalue weighted by atomic mass is 9.91. The average molecular weight is 456 g/mol. The molecule has 0 aliphatic heterocycles. The molecule has 0 saturated carbocycles. The zero-order valence-electron chi connectivity index (χ0n) is 14.7. The summed E-state index contributed by atoms with van der Waals surface area (Å²) in [5.41, 5.74) is 5.09. The van der Waals surface area contributed by atoms with Gasteiger partial charge in [0.15, 0.2) is 0 Å². The molecule has 1 heteroatoms. The van der Waals surface area contributed by atoms with Gasteiger partial charge in [0.1, 0.15) is 0 Å². The zero-order valence-corrected chi connectivity index (χ0v) is 16.9. The van der Waals surface area contributed by atoms with Crippen molar-refractivity contribution in [3.8, 4) is 22.3 Å². The van der Waals surface area contributed by atoms with Crippen LogP contribution in [-0.2, 0) is 0 Å². The highest BCUT2D eigenvalue weighted by molar-refractivity contribution is 14.1. The SMILES string of the molecule is Ic1ccc2c(-c3ccccc3)cc(-c3cccc4ccccc34)cc2c1. The maximum atomic E-state index is 2.39. The fourth-order valence-electron chi connectivity index (χ4n) is 3.83. The van der Waals surface area contributed by atoms with E-state index in [0.29, 0.717) is 0 Å². The number of hydrogen-bond donors (Lipinski definition) is 0. The molecule has 0 nitrogen and oxygen atoms in total. The maximum absolute atomic E-state index is 2.39. The van der Waals surface area contributed by atoms with Gasteiger partial charge in [-0.05, 0) is 90.7 Å². The minimum atomic E-state index is 1.26. The van der Waals surface area contributed by atoms with E-state index in [2.05, 4.69) is 126 Å². The molecule has 5 aromatic rings. The van der Waals surface area contributed by atoms with E-state index < -0.39 is 0 Å². The van der Waals surface area contributed by atoms with Gasteiger partial charge in [-0.25, -0.2) is 0 Å². The Kier molecular flexibility index (Phi) is 4.17. The molecule has 0 bridgehead atoms. The molecule has 0 radical (unpaired) electrons. The molecule has 0 aliphatic carbocycles. The van der Waals surface area contributed by atoms with Crippen molar-refractivity contribution in [2.45, 2.75) is 0 Å². The number of fused-ring (bicyclic) bond motifs is 2. The number of rotatable bonds is 2. The molecule has 0 aromatic heterocycles. The molecule has 5 aromatic carbocycles. The van der Waals surface area contributed by atoms with Gasteiger partial charge in [-0.2, -0.15) is 0 Å². The summed E-state index contributed by atoms with van der Waals surface area (Å²) in [6.45, 7) is 0. The van der Waals surface area contributed by atoms with Gasteiger partial charge in [-0.15, -0.1) is 0 Å². The van der Waals surface area contributed by atoms with Gasteiger partial charge in [0.2, 0.25) is 0 Å². The quantitative estimate of drug-likeness (QED) is 0.237. The third kappa shape index (κ3) is 3.02. The number of hydrogen-bond acceptors (Lipinski definition) is 0. The molecule has 0 spiro atoms. The van der Waals surface area contributed by atoms with E-state index in [9.17, 15) is 0 Å². The Morgan fingerprint density at radius 2 is 1.19 bits per heavy atom. The molecule has 0 N–H and O–H groups in total. The van der Waals surface area contributed by atoms with Crippen molar-refractivity contribution in [2.75, 3.05) is 0 Å². The van der Waals surface area contributed by atoms with Crippen molar-refractivity contribution >= 4 is 44.1 Å².